The molecule has 0 heterocycles. The van der Waals surface area contributed by atoms with Gasteiger partial charge in [0, 0.05) is 5.56 Å². The number of hydrogen-bond donors (Lipinski definition) is 1. The Morgan fingerprint density at radius 2 is 2.08 bits per heavy atom. The topological polar surface area (TPSA) is 51.2 Å². The zero-order valence-electron chi connectivity index (χ0n) is 6.27. The third-order valence-corrected chi connectivity index (χ3v) is 2.02. The Morgan fingerprint density at radius 1 is 1.33 bits per heavy atom. The van der Waals surface area contributed by atoms with Crippen molar-refractivity contribution in [3.05, 3.63) is 35.4 Å². The van der Waals surface area contributed by atoms with Crippen LogP contribution in [0, 0.1) is 0 Å². The molecule has 0 N–H and O–H groups in total. The van der Waals surface area contributed by atoms with E-state index in [1.54, 1.807) is 24.3 Å². The fourth-order valence-corrected chi connectivity index (χ4v) is 1.41. The summed E-state index contributed by atoms with van der Waals surface area (Å²) in [5.41, 5.74) is 1.15. The Balaban J connectivity index is 2.93. The monoisotopic (exact) mass is 184 g/mol. The van der Waals surface area contributed by atoms with E-state index in [0.717, 1.165) is 0 Å². The number of benzene rings is 1. The molecule has 0 aliphatic rings. The standard InChI is InChI=1S/C8H8O3S/c9-5-7-2-1-3-8(4-7)6-12(10)11/h1-5,12H,6H2. The number of carbonyl (C=O) groups excluding carboxylic acids is 1. The van der Waals surface area contributed by atoms with E-state index in [4.69, 9.17) is 0 Å². The minimum atomic E-state index is -2.41. The first-order valence-electron chi connectivity index (χ1n) is 3.38. The third-order valence-electron chi connectivity index (χ3n) is 1.40. The first kappa shape index (κ1) is 8.93. The quantitative estimate of drug-likeness (QED) is 0.553. The van der Waals surface area contributed by atoms with Crippen LogP contribution in [-0.4, -0.2) is 14.7 Å². The summed E-state index contributed by atoms with van der Waals surface area (Å²) in [5.74, 6) is -0.00296. The van der Waals surface area contributed by atoms with Gasteiger partial charge in [-0.3, -0.25) is 4.79 Å². The first-order valence-corrected chi connectivity index (χ1v) is 4.74. The third kappa shape index (κ3) is 2.47. The summed E-state index contributed by atoms with van der Waals surface area (Å²) in [6.07, 6.45) is 0.696. The maximum absolute atomic E-state index is 10.3. The Labute approximate surface area is 72.0 Å². The van der Waals surface area contributed by atoms with Crippen molar-refractivity contribution in [3.63, 3.8) is 0 Å². The summed E-state index contributed by atoms with van der Waals surface area (Å²) < 4.78 is 20.6. The fraction of sp³-hybridized carbons (Fsp3) is 0.125. The smallest absolute Gasteiger partial charge is 0.150 e. The molecule has 0 aliphatic carbocycles. The van der Waals surface area contributed by atoms with Gasteiger partial charge in [-0.15, -0.1) is 0 Å². The average molecular weight is 184 g/mol. The molecule has 1 aromatic carbocycles. The van der Waals surface area contributed by atoms with E-state index in [0.29, 0.717) is 17.4 Å². The molecule has 0 radical (unpaired) electrons. The molecule has 0 aliphatic heterocycles. The Hall–Kier alpha value is -1.16. The highest BCUT2D eigenvalue weighted by atomic mass is 32.2. The van der Waals surface area contributed by atoms with Crippen LogP contribution in [0.4, 0.5) is 0 Å². The van der Waals surface area contributed by atoms with Crippen LogP contribution in [0.1, 0.15) is 15.9 Å². The van der Waals surface area contributed by atoms with Crippen LogP contribution in [0.25, 0.3) is 0 Å². The molecule has 0 aromatic heterocycles. The lowest BCUT2D eigenvalue weighted by atomic mass is 10.2. The molecule has 0 atom stereocenters. The van der Waals surface area contributed by atoms with E-state index in [2.05, 4.69) is 0 Å². The second-order valence-electron chi connectivity index (χ2n) is 2.35. The molecule has 0 saturated heterocycles. The zero-order valence-corrected chi connectivity index (χ0v) is 7.16. The highest BCUT2D eigenvalue weighted by Crippen LogP contribution is 2.03. The summed E-state index contributed by atoms with van der Waals surface area (Å²) in [6, 6.07) is 6.54. The summed E-state index contributed by atoms with van der Waals surface area (Å²) in [6.45, 7) is 0. The van der Waals surface area contributed by atoms with Gasteiger partial charge in [0.25, 0.3) is 0 Å². The van der Waals surface area contributed by atoms with Gasteiger partial charge in [0.05, 0.1) is 5.75 Å². The molecule has 0 bridgehead atoms. The SMILES string of the molecule is O=Cc1cccc(C[SH](=O)=O)c1. The molecule has 0 spiro atoms. The van der Waals surface area contributed by atoms with Gasteiger partial charge in [0.15, 0.2) is 0 Å². The lowest BCUT2D eigenvalue weighted by molar-refractivity contribution is 0.112. The summed E-state index contributed by atoms with van der Waals surface area (Å²) in [7, 11) is -2.41. The molecule has 1 aromatic rings. The molecule has 0 unspecified atom stereocenters. The van der Waals surface area contributed by atoms with Gasteiger partial charge in [-0.1, -0.05) is 18.2 Å². The van der Waals surface area contributed by atoms with Crippen molar-refractivity contribution in [3.8, 4) is 0 Å². The minimum absolute atomic E-state index is 0.00296. The van der Waals surface area contributed by atoms with Gasteiger partial charge in [-0.25, -0.2) is 8.42 Å². The van der Waals surface area contributed by atoms with Gasteiger partial charge in [0.1, 0.15) is 17.0 Å². The van der Waals surface area contributed by atoms with E-state index < -0.39 is 10.7 Å². The lowest BCUT2D eigenvalue weighted by Gasteiger charge is -1.94. The maximum Gasteiger partial charge on any atom is 0.150 e. The molecule has 64 valence electrons. The highest BCUT2D eigenvalue weighted by Gasteiger charge is 1.95. The van der Waals surface area contributed by atoms with E-state index in [1.165, 1.54) is 0 Å². The molecule has 0 fully saturated rings. The summed E-state index contributed by atoms with van der Waals surface area (Å²) in [4.78, 5) is 10.3. The Morgan fingerprint density at radius 3 is 2.67 bits per heavy atom. The molecule has 3 nitrogen and oxygen atoms in total. The molecule has 0 saturated carbocycles. The molecule has 1 rings (SSSR count). The van der Waals surface area contributed by atoms with Crippen LogP contribution in [-0.2, 0) is 16.5 Å². The number of rotatable bonds is 3. The molecule has 12 heavy (non-hydrogen) atoms. The zero-order chi connectivity index (χ0) is 8.97. The van der Waals surface area contributed by atoms with Crippen LogP contribution < -0.4 is 0 Å². The van der Waals surface area contributed by atoms with E-state index in [-0.39, 0.29) is 5.75 Å². The van der Waals surface area contributed by atoms with E-state index in [9.17, 15) is 13.2 Å². The first-order chi connectivity index (χ1) is 5.72. The average Bonchev–Trinajstić information content (AvgIpc) is 2.03. The predicted molar refractivity (Wildman–Crippen MR) is 45.8 cm³/mol. The van der Waals surface area contributed by atoms with Gasteiger partial charge >= 0.3 is 0 Å². The van der Waals surface area contributed by atoms with Crippen molar-refractivity contribution in [2.24, 2.45) is 0 Å². The normalized spacial score (nSPS) is 10.1. The van der Waals surface area contributed by atoms with Crippen molar-refractivity contribution >= 4 is 17.0 Å². The minimum Gasteiger partial charge on any atom is -0.298 e. The van der Waals surface area contributed by atoms with Gasteiger partial charge in [-0.05, 0) is 11.6 Å². The van der Waals surface area contributed by atoms with Crippen molar-refractivity contribution in [2.75, 3.05) is 0 Å². The predicted octanol–water partition coefficient (Wildman–Crippen LogP) is 0.611. The largest absolute Gasteiger partial charge is 0.298 e. The van der Waals surface area contributed by atoms with E-state index >= 15 is 0 Å². The lowest BCUT2D eigenvalue weighted by Crippen LogP contribution is -1.88. The fourth-order valence-electron chi connectivity index (χ4n) is 0.914. The molecular formula is C8H8O3S. The van der Waals surface area contributed by atoms with E-state index in [1.807, 2.05) is 0 Å². The molecule has 4 heteroatoms. The van der Waals surface area contributed by atoms with Crippen molar-refractivity contribution in [2.45, 2.75) is 5.75 Å². The van der Waals surface area contributed by atoms with Crippen LogP contribution in [0.15, 0.2) is 24.3 Å². The second kappa shape index (κ2) is 4.01. The summed E-state index contributed by atoms with van der Waals surface area (Å²) in [5, 5.41) is 0. The number of thiol groups is 1. The summed E-state index contributed by atoms with van der Waals surface area (Å²) >= 11 is 0. The Bertz CT molecular complexity index is 347. The van der Waals surface area contributed by atoms with Crippen molar-refractivity contribution < 1.29 is 13.2 Å². The number of hydrogen-bond acceptors (Lipinski definition) is 3. The van der Waals surface area contributed by atoms with Crippen LogP contribution in [0.5, 0.6) is 0 Å². The van der Waals surface area contributed by atoms with Crippen molar-refractivity contribution in [1.82, 2.24) is 0 Å². The number of carbonyl (C=O) groups is 1. The van der Waals surface area contributed by atoms with Gasteiger partial charge < -0.3 is 0 Å². The van der Waals surface area contributed by atoms with Crippen LogP contribution in [0.2, 0.25) is 0 Å². The van der Waals surface area contributed by atoms with Gasteiger partial charge in [-0.2, -0.15) is 0 Å². The highest BCUT2D eigenvalue weighted by molar-refractivity contribution is 7.71. The maximum atomic E-state index is 10.3. The van der Waals surface area contributed by atoms with Crippen molar-refractivity contribution in [1.29, 1.82) is 0 Å². The van der Waals surface area contributed by atoms with Gasteiger partial charge in [0.2, 0.25) is 0 Å². The van der Waals surface area contributed by atoms with Crippen LogP contribution in [0.3, 0.4) is 0 Å². The second-order valence-corrected chi connectivity index (χ2v) is 3.34. The molecular weight excluding hydrogens is 176 g/mol. The van der Waals surface area contributed by atoms with Crippen LogP contribution >= 0.6 is 0 Å². The number of aldehydes is 1. The molecule has 0 amide bonds. The Kier molecular flexibility index (Phi) is 2.99.